The van der Waals surface area contributed by atoms with E-state index in [0.29, 0.717) is 0 Å². The summed E-state index contributed by atoms with van der Waals surface area (Å²) in [4.78, 5) is 12.1. The Morgan fingerprint density at radius 2 is 2.44 bits per heavy atom. The number of carbonyl (C=O) groups excluding carboxylic acids is 1. The van der Waals surface area contributed by atoms with Crippen molar-refractivity contribution in [1.82, 2.24) is 4.90 Å². The summed E-state index contributed by atoms with van der Waals surface area (Å²) in [5.74, 6) is 1.79. The van der Waals surface area contributed by atoms with Crippen LogP contribution in [-0.2, 0) is 4.79 Å². The van der Waals surface area contributed by atoms with E-state index in [2.05, 4.69) is 22.6 Å². The summed E-state index contributed by atoms with van der Waals surface area (Å²) in [6.07, 6.45) is 4.86. The van der Waals surface area contributed by atoms with Gasteiger partial charge >= 0.3 is 0 Å². The fraction of sp³-hybridized carbons (Fsp3) is 0.500. The number of amides is 1. The maximum Gasteiger partial charge on any atom is 0.297 e. The van der Waals surface area contributed by atoms with Crippen molar-refractivity contribution in [3.63, 3.8) is 0 Å². The Bertz CT molecular complexity index is 138. The molecule has 0 fully saturated rings. The van der Waals surface area contributed by atoms with E-state index in [-0.39, 0.29) is 5.91 Å². The number of hydrogen-bond donors (Lipinski definition) is 0. The number of hydrogen-bond acceptors (Lipinski definition) is 1. The average molecular weight is 237 g/mol. The smallest absolute Gasteiger partial charge is 0.297 e. The summed E-state index contributed by atoms with van der Waals surface area (Å²) < 4.78 is 0.918. The first kappa shape index (κ1) is 8.76. The molecule has 0 aliphatic carbocycles. The molecular weight excluding hydrogens is 229 g/mol. The van der Waals surface area contributed by atoms with Crippen LogP contribution in [0.5, 0.6) is 0 Å². The minimum atomic E-state index is -0.244. The molecule has 0 heterocycles. The molecule has 0 spiro atoms. The van der Waals surface area contributed by atoms with Crippen molar-refractivity contribution < 1.29 is 4.79 Å². The molecule has 0 atom stereocenters. The van der Waals surface area contributed by atoms with Crippen LogP contribution in [0.2, 0.25) is 0 Å². The molecular formula is C6H8INO. The monoisotopic (exact) mass is 237 g/mol. The molecule has 0 aromatic heterocycles. The highest BCUT2D eigenvalue weighted by Crippen LogP contribution is 1.86. The van der Waals surface area contributed by atoms with Gasteiger partial charge in [0.25, 0.3) is 5.91 Å². The first-order chi connectivity index (χ1) is 4.22. The molecule has 2 nitrogen and oxygen atoms in total. The topological polar surface area (TPSA) is 20.3 Å². The number of alkyl halides is 1. The van der Waals surface area contributed by atoms with E-state index in [9.17, 15) is 4.79 Å². The number of carbonyl (C=O) groups is 1. The van der Waals surface area contributed by atoms with Crippen LogP contribution in [0.4, 0.5) is 0 Å². The molecule has 0 unspecified atom stereocenters. The maximum absolute atomic E-state index is 10.6. The zero-order valence-electron chi connectivity index (χ0n) is 5.22. The van der Waals surface area contributed by atoms with E-state index in [1.54, 1.807) is 7.05 Å². The van der Waals surface area contributed by atoms with Crippen molar-refractivity contribution in [3.05, 3.63) is 0 Å². The van der Waals surface area contributed by atoms with Crippen molar-refractivity contribution in [2.45, 2.75) is 0 Å². The summed E-state index contributed by atoms with van der Waals surface area (Å²) in [5, 5.41) is 0. The van der Waals surface area contributed by atoms with Crippen molar-refractivity contribution >= 4 is 28.5 Å². The lowest BCUT2D eigenvalue weighted by molar-refractivity contribution is -0.123. The van der Waals surface area contributed by atoms with Gasteiger partial charge in [0.2, 0.25) is 0 Å². The van der Waals surface area contributed by atoms with Gasteiger partial charge in [0.1, 0.15) is 0 Å². The molecule has 0 N–H and O–H groups in total. The number of halogens is 1. The lowest BCUT2D eigenvalue weighted by atomic mass is 10.5. The second-order valence-corrected chi connectivity index (χ2v) is 2.64. The van der Waals surface area contributed by atoms with Gasteiger partial charge in [-0.1, -0.05) is 22.6 Å². The number of terminal acetylenes is 1. The second-order valence-electron chi connectivity index (χ2n) is 1.56. The lowest BCUT2D eigenvalue weighted by Crippen LogP contribution is -2.26. The summed E-state index contributed by atoms with van der Waals surface area (Å²) in [6, 6.07) is 0. The summed E-state index contributed by atoms with van der Waals surface area (Å²) in [5.41, 5.74) is 0. The van der Waals surface area contributed by atoms with Crippen molar-refractivity contribution in [2.24, 2.45) is 0 Å². The van der Waals surface area contributed by atoms with E-state index in [4.69, 9.17) is 6.42 Å². The Morgan fingerprint density at radius 1 is 1.89 bits per heavy atom. The van der Waals surface area contributed by atoms with Crippen LogP contribution >= 0.6 is 22.6 Å². The van der Waals surface area contributed by atoms with E-state index >= 15 is 0 Å². The van der Waals surface area contributed by atoms with Crippen LogP contribution in [0.15, 0.2) is 0 Å². The fourth-order valence-corrected chi connectivity index (χ4v) is 1.06. The number of rotatable bonds is 2. The maximum atomic E-state index is 10.6. The van der Waals surface area contributed by atoms with Crippen LogP contribution < -0.4 is 0 Å². The molecule has 0 bridgehead atoms. The van der Waals surface area contributed by atoms with Crippen LogP contribution in [0.3, 0.4) is 0 Å². The van der Waals surface area contributed by atoms with Gasteiger partial charge in [-0.05, 0) is 5.92 Å². The third kappa shape index (κ3) is 3.36. The van der Waals surface area contributed by atoms with Crippen molar-refractivity contribution in [3.8, 4) is 12.3 Å². The van der Waals surface area contributed by atoms with Gasteiger partial charge in [-0.15, -0.1) is 6.42 Å². The molecule has 1 amide bonds. The van der Waals surface area contributed by atoms with E-state index < -0.39 is 0 Å². The predicted molar refractivity (Wildman–Crippen MR) is 45.4 cm³/mol. The van der Waals surface area contributed by atoms with Crippen LogP contribution in [-0.4, -0.2) is 28.8 Å². The fourth-order valence-electron chi connectivity index (χ4n) is 0.339. The van der Waals surface area contributed by atoms with Gasteiger partial charge in [-0.2, -0.15) is 0 Å². The van der Waals surface area contributed by atoms with E-state index in [1.807, 2.05) is 5.92 Å². The van der Waals surface area contributed by atoms with Gasteiger partial charge in [0, 0.05) is 18.0 Å². The Labute approximate surface area is 68.7 Å². The van der Waals surface area contributed by atoms with Gasteiger partial charge in [-0.3, -0.25) is 4.79 Å². The normalized spacial score (nSPS) is 8.11. The van der Waals surface area contributed by atoms with Gasteiger partial charge in [0.15, 0.2) is 0 Å². The summed E-state index contributed by atoms with van der Waals surface area (Å²) in [7, 11) is 1.70. The molecule has 50 valence electrons. The van der Waals surface area contributed by atoms with E-state index in [1.165, 1.54) is 4.90 Å². The Morgan fingerprint density at radius 3 is 2.78 bits per heavy atom. The molecule has 0 aliphatic rings. The highest BCUT2D eigenvalue weighted by Gasteiger charge is 2.00. The highest BCUT2D eigenvalue weighted by molar-refractivity contribution is 14.1. The standard InChI is InChI=1S/C6H8INO/c1-3-6(9)8(2)5-4-7/h1H,4-5H2,2H3. The molecule has 0 radical (unpaired) electrons. The Kier molecular flexibility index (Phi) is 4.50. The second kappa shape index (κ2) is 4.62. The first-order valence-corrected chi connectivity index (χ1v) is 4.02. The Hall–Kier alpha value is -0.240. The molecule has 9 heavy (non-hydrogen) atoms. The van der Waals surface area contributed by atoms with Crippen molar-refractivity contribution in [2.75, 3.05) is 18.0 Å². The van der Waals surface area contributed by atoms with Crippen LogP contribution in [0, 0.1) is 12.3 Å². The zero-order valence-corrected chi connectivity index (χ0v) is 7.38. The Balaban J connectivity index is 3.62. The average Bonchev–Trinajstić information content (AvgIpc) is 1.87. The third-order valence-electron chi connectivity index (χ3n) is 0.890. The zero-order chi connectivity index (χ0) is 7.28. The van der Waals surface area contributed by atoms with Crippen LogP contribution in [0.25, 0.3) is 0 Å². The molecule has 3 heteroatoms. The molecule has 0 rings (SSSR count). The van der Waals surface area contributed by atoms with Crippen LogP contribution in [0.1, 0.15) is 0 Å². The molecule has 0 aromatic rings. The number of nitrogens with zero attached hydrogens (tertiary/aromatic N) is 1. The van der Waals surface area contributed by atoms with Gasteiger partial charge in [-0.25, -0.2) is 0 Å². The molecule has 0 saturated carbocycles. The highest BCUT2D eigenvalue weighted by atomic mass is 127. The van der Waals surface area contributed by atoms with Crippen molar-refractivity contribution in [1.29, 1.82) is 0 Å². The summed E-state index contributed by atoms with van der Waals surface area (Å²) >= 11 is 2.19. The predicted octanol–water partition coefficient (Wildman–Crippen LogP) is 0.513. The van der Waals surface area contributed by atoms with Gasteiger partial charge < -0.3 is 4.90 Å². The largest absolute Gasteiger partial charge is 0.334 e. The quantitative estimate of drug-likeness (QED) is 0.389. The molecule has 0 saturated heterocycles. The molecule has 0 aliphatic heterocycles. The minimum absolute atomic E-state index is 0.244. The minimum Gasteiger partial charge on any atom is -0.334 e. The third-order valence-corrected chi connectivity index (χ3v) is 1.37. The van der Waals surface area contributed by atoms with Gasteiger partial charge in [0.05, 0.1) is 0 Å². The lowest BCUT2D eigenvalue weighted by Gasteiger charge is -2.10. The first-order valence-electron chi connectivity index (χ1n) is 2.50. The molecule has 0 aromatic carbocycles. The van der Waals surface area contributed by atoms with E-state index in [0.717, 1.165) is 11.0 Å². The SMILES string of the molecule is C#CC(=O)N(C)CCI. The summed E-state index contributed by atoms with van der Waals surface area (Å²) in [6.45, 7) is 0.726.